The molecule has 1 aliphatic rings. The maximum Gasteiger partial charge on any atom is 0.249 e. The molecule has 1 aliphatic heterocycles. The van der Waals surface area contributed by atoms with Crippen LogP contribution in [-0.4, -0.2) is 33.2 Å². The van der Waals surface area contributed by atoms with Crippen LogP contribution in [0, 0.1) is 5.82 Å². The van der Waals surface area contributed by atoms with Gasteiger partial charge in [0.2, 0.25) is 11.8 Å². The van der Waals surface area contributed by atoms with E-state index < -0.39 is 0 Å². The van der Waals surface area contributed by atoms with Crippen molar-refractivity contribution in [1.29, 1.82) is 0 Å². The molecule has 0 bridgehead atoms. The normalized spacial score (nSPS) is 18.4. The van der Waals surface area contributed by atoms with E-state index in [4.69, 9.17) is 4.42 Å². The quantitative estimate of drug-likeness (QED) is 0.727. The Morgan fingerprint density at radius 1 is 1.16 bits per heavy atom. The molecule has 0 unspecified atom stereocenters. The van der Waals surface area contributed by atoms with Gasteiger partial charge in [-0.1, -0.05) is 12.1 Å². The molecule has 5 nitrogen and oxygen atoms in total. The van der Waals surface area contributed by atoms with Crippen molar-refractivity contribution < 1.29 is 8.81 Å². The molecule has 0 radical (unpaired) electrons. The predicted molar refractivity (Wildman–Crippen MR) is 91.2 cm³/mol. The van der Waals surface area contributed by atoms with Gasteiger partial charge >= 0.3 is 0 Å². The summed E-state index contributed by atoms with van der Waals surface area (Å²) in [5.74, 6) is 1.22. The molecule has 0 N–H and O–H groups in total. The molecule has 2 aromatic heterocycles. The Morgan fingerprint density at radius 2 is 2.04 bits per heavy atom. The van der Waals surface area contributed by atoms with Gasteiger partial charge in [0.25, 0.3) is 0 Å². The Balaban J connectivity index is 1.44. The molecule has 1 fully saturated rings. The Kier molecular flexibility index (Phi) is 4.52. The molecule has 3 heterocycles. The molecule has 0 spiro atoms. The summed E-state index contributed by atoms with van der Waals surface area (Å²) in [7, 11) is 0. The average Bonchev–Trinajstić information content (AvgIpc) is 3.15. The molecule has 0 saturated carbocycles. The Hall–Kier alpha value is -2.60. The van der Waals surface area contributed by atoms with Gasteiger partial charge in [-0.05, 0) is 49.2 Å². The second-order valence-electron chi connectivity index (χ2n) is 6.39. The van der Waals surface area contributed by atoms with Crippen LogP contribution in [0.1, 0.15) is 30.2 Å². The highest BCUT2D eigenvalue weighted by molar-refractivity contribution is 5.50. The molecule has 0 amide bonds. The third-order valence-electron chi connectivity index (χ3n) is 4.52. The second kappa shape index (κ2) is 7.11. The van der Waals surface area contributed by atoms with E-state index in [2.05, 4.69) is 20.1 Å². The molecular weight excluding hydrogens is 319 g/mol. The van der Waals surface area contributed by atoms with Crippen LogP contribution in [0.3, 0.4) is 0 Å². The van der Waals surface area contributed by atoms with E-state index in [1.54, 1.807) is 12.4 Å². The number of hydrogen-bond acceptors (Lipinski definition) is 5. The maximum atomic E-state index is 13.0. The largest absolute Gasteiger partial charge is 0.420 e. The van der Waals surface area contributed by atoms with Crippen molar-refractivity contribution in [1.82, 2.24) is 20.1 Å². The minimum atomic E-state index is -0.200. The third kappa shape index (κ3) is 3.74. The van der Waals surface area contributed by atoms with Gasteiger partial charge in [-0.2, -0.15) is 0 Å². The first-order valence-electron chi connectivity index (χ1n) is 8.48. The standard InChI is InChI=1S/C19H19FN4O/c20-17-7-5-14(6-8-17)12-24-10-2-4-16(13-24)19-23-22-18(25-19)15-3-1-9-21-11-15/h1,3,5-9,11,16H,2,4,10,12-13H2/t16-/m0/s1. The lowest BCUT2D eigenvalue weighted by molar-refractivity contribution is 0.186. The highest BCUT2D eigenvalue weighted by Crippen LogP contribution is 2.28. The van der Waals surface area contributed by atoms with Crippen LogP contribution in [0.4, 0.5) is 4.39 Å². The number of aromatic nitrogens is 3. The molecule has 1 saturated heterocycles. The van der Waals surface area contributed by atoms with Crippen molar-refractivity contribution in [2.75, 3.05) is 13.1 Å². The van der Waals surface area contributed by atoms with Gasteiger partial charge in [-0.3, -0.25) is 9.88 Å². The number of nitrogens with zero attached hydrogens (tertiary/aromatic N) is 4. The first-order valence-corrected chi connectivity index (χ1v) is 8.48. The van der Waals surface area contributed by atoms with Crippen molar-refractivity contribution in [2.24, 2.45) is 0 Å². The molecule has 25 heavy (non-hydrogen) atoms. The van der Waals surface area contributed by atoms with Crippen LogP contribution in [0.15, 0.2) is 53.2 Å². The monoisotopic (exact) mass is 338 g/mol. The number of halogens is 1. The van der Waals surface area contributed by atoms with Crippen molar-refractivity contribution >= 4 is 0 Å². The lowest BCUT2D eigenvalue weighted by Gasteiger charge is -2.31. The number of benzene rings is 1. The lowest BCUT2D eigenvalue weighted by atomic mass is 9.97. The van der Waals surface area contributed by atoms with E-state index in [1.165, 1.54) is 12.1 Å². The maximum absolute atomic E-state index is 13.0. The van der Waals surface area contributed by atoms with E-state index in [0.717, 1.165) is 43.6 Å². The fourth-order valence-corrected chi connectivity index (χ4v) is 3.25. The summed E-state index contributed by atoms with van der Waals surface area (Å²) < 4.78 is 18.9. The highest BCUT2D eigenvalue weighted by atomic mass is 19.1. The van der Waals surface area contributed by atoms with Crippen molar-refractivity contribution in [2.45, 2.75) is 25.3 Å². The van der Waals surface area contributed by atoms with E-state index in [1.807, 2.05) is 24.3 Å². The van der Waals surface area contributed by atoms with Crippen LogP contribution in [-0.2, 0) is 6.54 Å². The smallest absolute Gasteiger partial charge is 0.249 e. The second-order valence-corrected chi connectivity index (χ2v) is 6.39. The predicted octanol–water partition coefficient (Wildman–Crippen LogP) is 3.65. The van der Waals surface area contributed by atoms with Crippen molar-refractivity contribution in [3.05, 3.63) is 66.1 Å². The topological polar surface area (TPSA) is 55.1 Å². The number of likely N-dealkylation sites (tertiary alicyclic amines) is 1. The molecular formula is C19H19FN4O. The first kappa shape index (κ1) is 15.9. The van der Waals surface area contributed by atoms with Crippen LogP contribution >= 0.6 is 0 Å². The molecule has 3 aromatic rings. The van der Waals surface area contributed by atoms with Gasteiger partial charge in [0.1, 0.15) is 5.82 Å². The Labute approximate surface area is 145 Å². The van der Waals surface area contributed by atoms with E-state index in [9.17, 15) is 4.39 Å². The van der Waals surface area contributed by atoms with E-state index in [-0.39, 0.29) is 11.7 Å². The minimum Gasteiger partial charge on any atom is -0.420 e. The molecule has 128 valence electrons. The summed E-state index contributed by atoms with van der Waals surface area (Å²) in [5.41, 5.74) is 1.95. The Morgan fingerprint density at radius 3 is 2.84 bits per heavy atom. The summed E-state index contributed by atoms with van der Waals surface area (Å²) in [5, 5.41) is 8.41. The zero-order chi connectivity index (χ0) is 17.1. The summed E-state index contributed by atoms with van der Waals surface area (Å²) >= 11 is 0. The van der Waals surface area contributed by atoms with E-state index >= 15 is 0 Å². The van der Waals surface area contributed by atoms with Gasteiger partial charge in [-0.15, -0.1) is 10.2 Å². The molecule has 0 aliphatic carbocycles. The molecule has 6 heteroatoms. The van der Waals surface area contributed by atoms with Gasteiger partial charge in [0, 0.05) is 25.5 Å². The van der Waals surface area contributed by atoms with Crippen LogP contribution in [0.5, 0.6) is 0 Å². The lowest BCUT2D eigenvalue weighted by Crippen LogP contribution is -2.34. The third-order valence-corrected chi connectivity index (χ3v) is 4.52. The zero-order valence-electron chi connectivity index (χ0n) is 13.8. The fraction of sp³-hybridized carbons (Fsp3) is 0.316. The number of pyridine rings is 1. The van der Waals surface area contributed by atoms with Gasteiger partial charge in [-0.25, -0.2) is 4.39 Å². The fourth-order valence-electron chi connectivity index (χ4n) is 3.25. The summed E-state index contributed by atoms with van der Waals surface area (Å²) in [6.45, 7) is 2.70. The van der Waals surface area contributed by atoms with E-state index in [0.29, 0.717) is 11.8 Å². The molecule has 1 aromatic carbocycles. The van der Waals surface area contributed by atoms with Gasteiger partial charge in [0.05, 0.1) is 11.5 Å². The van der Waals surface area contributed by atoms with Crippen molar-refractivity contribution in [3.63, 3.8) is 0 Å². The number of hydrogen-bond donors (Lipinski definition) is 0. The SMILES string of the molecule is Fc1ccc(CN2CCC[C@H](c3nnc(-c4cccnc4)o3)C2)cc1. The summed E-state index contributed by atoms with van der Waals surface area (Å²) in [6, 6.07) is 10.5. The average molecular weight is 338 g/mol. The van der Waals surface area contributed by atoms with Crippen LogP contribution in [0.25, 0.3) is 11.5 Å². The highest BCUT2D eigenvalue weighted by Gasteiger charge is 2.26. The van der Waals surface area contributed by atoms with Gasteiger partial charge < -0.3 is 4.42 Å². The minimum absolute atomic E-state index is 0.200. The first-order chi connectivity index (χ1) is 12.3. The van der Waals surface area contributed by atoms with Gasteiger partial charge in [0.15, 0.2) is 0 Å². The molecule has 1 atom stereocenters. The Bertz CT molecular complexity index is 819. The van der Waals surface area contributed by atoms with Crippen molar-refractivity contribution in [3.8, 4) is 11.5 Å². The zero-order valence-corrected chi connectivity index (χ0v) is 13.8. The number of rotatable bonds is 4. The summed E-state index contributed by atoms with van der Waals surface area (Å²) in [4.78, 5) is 6.44. The number of piperidine rings is 1. The summed E-state index contributed by atoms with van der Waals surface area (Å²) in [6.07, 6.45) is 5.55. The van der Waals surface area contributed by atoms with Crippen LogP contribution < -0.4 is 0 Å². The van der Waals surface area contributed by atoms with Crippen LogP contribution in [0.2, 0.25) is 0 Å². The molecule has 4 rings (SSSR count).